The number of nitrogens with zero attached hydrogens (tertiary/aromatic N) is 3. The van der Waals surface area contributed by atoms with Crippen molar-refractivity contribution in [1.82, 2.24) is 15.0 Å². The lowest BCUT2D eigenvalue weighted by Gasteiger charge is -1.98. The smallest absolute Gasteiger partial charge is 0.134 e. The molecule has 0 saturated carbocycles. The van der Waals surface area contributed by atoms with Gasteiger partial charge < -0.3 is 10.2 Å². The molecule has 2 N–H and O–H groups in total. The molecule has 5 nitrogen and oxygen atoms in total. The number of aliphatic hydroxyl groups is 2. The predicted octanol–water partition coefficient (Wildman–Crippen LogP) is -1.06. The Morgan fingerprint density at radius 1 is 1.00 bits per heavy atom. The van der Waals surface area contributed by atoms with Crippen LogP contribution in [0, 0.1) is 0 Å². The van der Waals surface area contributed by atoms with Crippen LogP contribution in [0.2, 0.25) is 0 Å². The zero-order chi connectivity index (χ0) is 8.81. The third kappa shape index (κ3) is 2.52. The second kappa shape index (κ2) is 4.74. The molecule has 0 aliphatic heterocycles. The molecular formula is C7H11N3O2. The Bertz CT molecular complexity index is 221. The SMILES string of the molecule is OCCc1ncnc(CCO)n1. The molecule has 0 atom stereocenters. The molecule has 0 radical (unpaired) electrons. The number of hydrogen-bond donors (Lipinski definition) is 2. The largest absolute Gasteiger partial charge is 0.396 e. The maximum atomic E-state index is 8.59. The quantitative estimate of drug-likeness (QED) is 0.600. The molecule has 0 bridgehead atoms. The monoisotopic (exact) mass is 169 g/mol. The maximum Gasteiger partial charge on any atom is 0.134 e. The lowest BCUT2D eigenvalue weighted by molar-refractivity contribution is 0.292. The minimum absolute atomic E-state index is 0.0303. The highest BCUT2D eigenvalue weighted by atomic mass is 16.3. The van der Waals surface area contributed by atoms with Crippen molar-refractivity contribution in [2.45, 2.75) is 12.8 Å². The molecule has 12 heavy (non-hydrogen) atoms. The van der Waals surface area contributed by atoms with Crippen LogP contribution in [0.25, 0.3) is 0 Å². The van der Waals surface area contributed by atoms with Crippen molar-refractivity contribution in [1.29, 1.82) is 0 Å². The average molecular weight is 169 g/mol. The molecule has 0 saturated heterocycles. The van der Waals surface area contributed by atoms with E-state index >= 15 is 0 Å². The first-order valence-electron chi connectivity index (χ1n) is 3.75. The van der Waals surface area contributed by atoms with Crippen molar-refractivity contribution >= 4 is 0 Å². The van der Waals surface area contributed by atoms with Crippen LogP contribution < -0.4 is 0 Å². The van der Waals surface area contributed by atoms with Crippen molar-refractivity contribution in [3.63, 3.8) is 0 Å². The number of hydrogen-bond acceptors (Lipinski definition) is 5. The van der Waals surface area contributed by atoms with E-state index in [1.807, 2.05) is 0 Å². The van der Waals surface area contributed by atoms with Crippen LogP contribution in [0.1, 0.15) is 11.6 Å². The van der Waals surface area contributed by atoms with Crippen LogP contribution in [-0.4, -0.2) is 38.4 Å². The van der Waals surface area contributed by atoms with Crippen molar-refractivity contribution in [2.24, 2.45) is 0 Å². The van der Waals surface area contributed by atoms with Gasteiger partial charge in [-0.25, -0.2) is 15.0 Å². The van der Waals surface area contributed by atoms with E-state index < -0.39 is 0 Å². The van der Waals surface area contributed by atoms with Crippen LogP contribution in [0.15, 0.2) is 6.33 Å². The Morgan fingerprint density at radius 3 is 1.92 bits per heavy atom. The van der Waals surface area contributed by atoms with Crippen LogP contribution in [0.4, 0.5) is 0 Å². The van der Waals surface area contributed by atoms with Crippen LogP contribution in [0.3, 0.4) is 0 Å². The maximum absolute atomic E-state index is 8.59. The molecule has 0 fully saturated rings. The summed E-state index contributed by atoms with van der Waals surface area (Å²) in [5, 5.41) is 17.2. The Hall–Kier alpha value is -1.07. The summed E-state index contributed by atoms with van der Waals surface area (Å²) < 4.78 is 0. The Kier molecular flexibility index (Phi) is 3.56. The van der Waals surface area contributed by atoms with Gasteiger partial charge in [-0.05, 0) is 0 Å². The summed E-state index contributed by atoms with van der Waals surface area (Å²) in [6, 6.07) is 0. The molecular weight excluding hydrogens is 158 g/mol. The molecule has 0 aliphatic carbocycles. The van der Waals surface area contributed by atoms with E-state index in [4.69, 9.17) is 10.2 Å². The highest BCUT2D eigenvalue weighted by Crippen LogP contribution is 1.92. The van der Waals surface area contributed by atoms with Gasteiger partial charge in [0.1, 0.15) is 18.0 Å². The number of aliphatic hydroxyl groups excluding tert-OH is 2. The van der Waals surface area contributed by atoms with E-state index in [1.165, 1.54) is 6.33 Å². The Labute approximate surface area is 70.1 Å². The first-order chi connectivity index (χ1) is 5.86. The third-order valence-corrected chi connectivity index (χ3v) is 1.34. The second-order valence-corrected chi connectivity index (χ2v) is 2.27. The fourth-order valence-corrected chi connectivity index (χ4v) is 0.810. The highest BCUT2D eigenvalue weighted by molar-refractivity contribution is 4.90. The van der Waals surface area contributed by atoms with E-state index in [1.54, 1.807) is 0 Å². The number of rotatable bonds is 4. The molecule has 5 heteroatoms. The minimum Gasteiger partial charge on any atom is -0.396 e. The van der Waals surface area contributed by atoms with Gasteiger partial charge in [0, 0.05) is 12.8 Å². The highest BCUT2D eigenvalue weighted by Gasteiger charge is 1.98. The summed E-state index contributed by atoms with van der Waals surface area (Å²) in [4.78, 5) is 11.7. The molecule has 0 amide bonds. The van der Waals surface area contributed by atoms with E-state index in [2.05, 4.69) is 15.0 Å². The fraction of sp³-hybridized carbons (Fsp3) is 0.571. The average Bonchev–Trinajstić information content (AvgIpc) is 2.06. The molecule has 1 aromatic rings. The normalized spacial score (nSPS) is 10.2. The van der Waals surface area contributed by atoms with Gasteiger partial charge in [-0.15, -0.1) is 0 Å². The predicted molar refractivity (Wildman–Crippen MR) is 41.4 cm³/mol. The molecule has 1 heterocycles. The van der Waals surface area contributed by atoms with Gasteiger partial charge in [-0.3, -0.25) is 0 Å². The van der Waals surface area contributed by atoms with Gasteiger partial charge in [-0.2, -0.15) is 0 Å². The van der Waals surface area contributed by atoms with Crippen molar-refractivity contribution in [3.8, 4) is 0 Å². The van der Waals surface area contributed by atoms with E-state index in [0.29, 0.717) is 24.5 Å². The van der Waals surface area contributed by atoms with Crippen molar-refractivity contribution in [2.75, 3.05) is 13.2 Å². The van der Waals surface area contributed by atoms with Gasteiger partial charge in [-0.1, -0.05) is 0 Å². The lowest BCUT2D eigenvalue weighted by Crippen LogP contribution is -2.05. The van der Waals surface area contributed by atoms with Gasteiger partial charge in [0.15, 0.2) is 0 Å². The van der Waals surface area contributed by atoms with E-state index in [9.17, 15) is 0 Å². The molecule has 0 aliphatic rings. The second-order valence-electron chi connectivity index (χ2n) is 2.27. The summed E-state index contributed by atoms with van der Waals surface area (Å²) in [6.07, 6.45) is 2.25. The van der Waals surface area contributed by atoms with Crippen LogP contribution >= 0.6 is 0 Å². The standard InChI is InChI=1S/C7H11N3O2/c11-3-1-6-8-5-9-7(10-6)2-4-12/h5,11-12H,1-4H2. The van der Waals surface area contributed by atoms with Gasteiger partial charge in [0.05, 0.1) is 13.2 Å². The van der Waals surface area contributed by atoms with Crippen LogP contribution in [0.5, 0.6) is 0 Å². The topological polar surface area (TPSA) is 79.1 Å². The summed E-state index contributed by atoms with van der Waals surface area (Å²) in [6.45, 7) is 0.0607. The molecule has 66 valence electrons. The fourth-order valence-electron chi connectivity index (χ4n) is 0.810. The van der Waals surface area contributed by atoms with Crippen molar-refractivity contribution in [3.05, 3.63) is 18.0 Å². The Balaban J connectivity index is 2.67. The summed E-state index contributed by atoms with van der Waals surface area (Å²) in [5.74, 6) is 1.13. The van der Waals surface area contributed by atoms with Gasteiger partial charge in [0.25, 0.3) is 0 Å². The zero-order valence-electron chi connectivity index (χ0n) is 6.64. The molecule has 0 unspecified atom stereocenters. The van der Waals surface area contributed by atoms with E-state index in [-0.39, 0.29) is 13.2 Å². The van der Waals surface area contributed by atoms with Gasteiger partial charge >= 0.3 is 0 Å². The summed E-state index contributed by atoms with van der Waals surface area (Å²) >= 11 is 0. The number of aromatic nitrogens is 3. The van der Waals surface area contributed by atoms with Crippen molar-refractivity contribution < 1.29 is 10.2 Å². The molecule has 0 spiro atoms. The van der Waals surface area contributed by atoms with Crippen LogP contribution in [-0.2, 0) is 12.8 Å². The van der Waals surface area contributed by atoms with Gasteiger partial charge in [0.2, 0.25) is 0 Å². The molecule has 0 aromatic carbocycles. The minimum atomic E-state index is 0.0303. The lowest BCUT2D eigenvalue weighted by atomic mass is 10.4. The Morgan fingerprint density at radius 2 is 1.50 bits per heavy atom. The summed E-state index contributed by atoms with van der Waals surface area (Å²) in [5.41, 5.74) is 0. The molecule has 1 aromatic heterocycles. The summed E-state index contributed by atoms with van der Waals surface area (Å²) in [7, 11) is 0. The first-order valence-corrected chi connectivity index (χ1v) is 3.75. The molecule has 1 rings (SSSR count). The van der Waals surface area contributed by atoms with E-state index in [0.717, 1.165) is 0 Å². The third-order valence-electron chi connectivity index (χ3n) is 1.34. The first kappa shape index (κ1) is 9.02. The zero-order valence-corrected chi connectivity index (χ0v) is 6.64.